The van der Waals surface area contributed by atoms with Crippen LogP contribution in [-0.4, -0.2) is 57.9 Å². The lowest BCUT2D eigenvalue weighted by Crippen LogP contribution is -2.35. The summed E-state index contributed by atoms with van der Waals surface area (Å²) < 4.78 is 15.1. The van der Waals surface area contributed by atoms with Crippen LogP contribution in [0.5, 0.6) is 0 Å². The molecule has 0 aliphatic carbocycles. The normalized spacial score (nSPS) is 11.7. The number of anilines is 1. The van der Waals surface area contributed by atoms with Crippen molar-refractivity contribution in [2.24, 2.45) is 0 Å². The Morgan fingerprint density at radius 1 is 0.857 bits per heavy atom. The zero-order valence-corrected chi connectivity index (χ0v) is 19.9. The van der Waals surface area contributed by atoms with E-state index in [1.165, 1.54) is 7.11 Å². The second kappa shape index (κ2) is 13.9. The van der Waals surface area contributed by atoms with Crippen LogP contribution in [0.15, 0.2) is 48.5 Å². The molecule has 0 bridgehead atoms. The highest BCUT2D eigenvalue weighted by molar-refractivity contribution is 5.95. The lowest BCUT2D eigenvalue weighted by molar-refractivity contribution is -0.142. The van der Waals surface area contributed by atoms with Crippen molar-refractivity contribution in [2.75, 3.05) is 45.0 Å². The van der Waals surface area contributed by atoms with Crippen LogP contribution in [0.3, 0.4) is 0 Å². The van der Waals surface area contributed by atoms with E-state index in [-0.39, 0.29) is 56.8 Å². The molecule has 0 spiro atoms. The minimum absolute atomic E-state index is 0.0865. The van der Waals surface area contributed by atoms with Gasteiger partial charge in [-0.25, -0.2) is 0 Å². The highest BCUT2D eigenvalue weighted by Gasteiger charge is 2.21. The number of nitrogens with zero attached hydrogens (tertiary/aromatic N) is 1. The first-order chi connectivity index (χ1) is 17.1. The number of esters is 1. The van der Waals surface area contributed by atoms with Gasteiger partial charge in [-0.15, -0.1) is 0 Å². The van der Waals surface area contributed by atoms with E-state index in [0.29, 0.717) is 19.8 Å². The van der Waals surface area contributed by atoms with Crippen LogP contribution in [0.1, 0.15) is 36.0 Å². The Morgan fingerprint density at radius 3 is 2.29 bits per heavy atom. The number of carbonyl (C=O) groups excluding carboxylic acids is 3. The molecule has 184 valence electrons. The van der Waals surface area contributed by atoms with Crippen LogP contribution in [0.4, 0.5) is 5.69 Å². The van der Waals surface area contributed by atoms with E-state index in [1.807, 2.05) is 48.5 Å². The van der Waals surface area contributed by atoms with Gasteiger partial charge < -0.3 is 24.4 Å². The summed E-state index contributed by atoms with van der Waals surface area (Å²) in [6, 6.07) is 15.4. The molecule has 2 aromatic carbocycles. The zero-order valence-electron chi connectivity index (χ0n) is 19.9. The number of carbonyl (C=O) groups is 3. The molecule has 0 unspecified atom stereocenters. The Bertz CT molecular complexity index is 1090. The third-order valence-corrected chi connectivity index (χ3v) is 5.36. The maximum Gasteiger partial charge on any atom is 0.307 e. The molecule has 0 atom stereocenters. The van der Waals surface area contributed by atoms with Gasteiger partial charge in [-0.2, -0.15) is 0 Å². The molecule has 0 saturated heterocycles. The van der Waals surface area contributed by atoms with Gasteiger partial charge in [0.25, 0.3) is 0 Å². The van der Waals surface area contributed by atoms with Gasteiger partial charge in [0.05, 0.1) is 52.2 Å². The van der Waals surface area contributed by atoms with E-state index in [4.69, 9.17) is 9.47 Å². The first-order valence-electron chi connectivity index (χ1n) is 11.6. The maximum atomic E-state index is 13.1. The molecule has 1 aliphatic rings. The fourth-order valence-corrected chi connectivity index (χ4v) is 3.48. The first-order valence-corrected chi connectivity index (χ1v) is 11.6. The number of ether oxygens (including phenoxy) is 3. The van der Waals surface area contributed by atoms with Crippen molar-refractivity contribution in [3.05, 3.63) is 65.2 Å². The molecular formula is C27H30N2O6. The average Bonchev–Trinajstić information content (AvgIpc) is 2.86. The third-order valence-electron chi connectivity index (χ3n) is 5.36. The van der Waals surface area contributed by atoms with Crippen LogP contribution < -0.4 is 10.2 Å². The number of amides is 2. The van der Waals surface area contributed by atoms with Gasteiger partial charge in [0.15, 0.2) is 0 Å². The van der Waals surface area contributed by atoms with E-state index >= 15 is 0 Å². The van der Waals surface area contributed by atoms with Crippen molar-refractivity contribution >= 4 is 23.5 Å². The number of hydrogen-bond donors (Lipinski definition) is 1. The van der Waals surface area contributed by atoms with Crippen LogP contribution in [0, 0.1) is 11.8 Å². The minimum atomic E-state index is -0.324. The van der Waals surface area contributed by atoms with Crippen LogP contribution in [0.25, 0.3) is 0 Å². The molecule has 0 saturated carbocycles. The summed E-state index contributed by atoms with van der Waals surface area (Å²) >= 11 is 0. The fourth-order valence-electron chi connectivity index (χ4n) is 3.48. The molecule has 35 heavy (non-hydrogen) atoms. The maximum absolute atomic E-state index is 13.1. The van der Waals surface area contributed by atoms with Gasteiger partial charge in [0, 0.05) is 30.5 Å². The van der Waals surface area contributed by atoms with Gasteiger partial charge in [-0.1, -0.05) is 42.2 Å². The van der Waals surface area contributed by atoms with Crippen molar-refractivity contribution in [1.29, 1.82) is 0 Å². The van der Waals surface area contributed by atoms with E-state index in [9.17, 15) is 14.4 Å². The molecule has 8 heteroatoms. The molecule has 0 fully saturated rings. The van der Waals surface area contributed by atoms with Crippen LogP contribution >= 0.6 is 0 Å². The lowest BCUT2D eigenvalue weighted by Gasteiger charge is -2.26. The Balaban J connectivity index is 1.41. The Labute approximate surface area is 205 Å². The molecule has 1 aliphatic heterocycles. The number of nitrogens with one attached hydrogen (secondary N) is 1. The van der Waals surface area contributed by atoms with Gasteiger partial charge in [-0.05, 0) is 23.8 Å². The van der Waals surface area contributed by atoms with Gasteiger partial charge >= 0.3 is 5.97 Å². The topological polar surface area (TPSA) is 94.2 Å². The van der Waals surface area contributed by atoms with Crippen molar-refractivity contribution in [3.63, 3.8) is 0 Å². The van der Waals surface area contributed by atoms with Gasteiger partial charge in [-0.3, -0.25) is 14.4 Å². The van der Waals surface area contributed by atoms with Gasteiger partial charge in [0.2, 0.25) is 11.8 Å². The quantitative estimate of drug-likeness (QED) is 0.286. The Hall–Kier alpha value is -3.67. The van der Waals surface area contributed by atoms with Gasteiger partial charge in [0.1, 0.15) is 0 Å². The summed E-state index contributed by atoms with van der Waals surface area (Å²) in [5, 5.41) is 2.78. The smallest absolute Gasteiger partial charge is 0.307 e. The average molecular weight is 479 g/mol. The van der Waals surface area contributed by atoms with E-state index in [2.05, 4.69) is 21.9 Å². The first kappa shape index (κ1) is 25.9. The van der Waals surface area contributed by atoms with E-state index in [0.717, 1.165) is 22.4 Å². The minimum Gasteiger partial charge on any atom is -0.469 e. The van der Waals surface area contributed by atoms with Crippen LogP contribution in [-0.2, 0) is 35.1 Å². The summed E-state index contributed by atoms with van der Waals surface area (Å²) in [7, 11) is 1.33. The Morgan fingerprint density at radius 2 is 1.51 bits per heavy atom. The predicted octanol–water partition coefficient (Wildman–Crippen LogP) is 2.43. The van der Waals surface area contributed by atoms with Crippen molar-refractivity contribution < 1.29 is 28.6 Å². The molecule has 2 aromatic rings. The van der Waals surface area contributed by atoms with E-state index in [1.54, 1.807) is 4.90 Å². The summed E-state index contributed by atoms with van der Waals surface area (Å²) in [6.45, 7) is 1.83. The molecule has 2 amide bonds. The highest BCUT2D eigenvalue weighted by Crippen LogP contribution is 2.25. The monoisotopic (exact) mass is 478 g/mol. The van der Waals surface area contributed by atoms with Crippen molar-refractivity contribution in [3.8, 4) is 11.8 Å². The largest absolute Gasteiger partial charge is 0.469 e. The number of para-hydroxylation sites is 1. The summed E-state index contributed by atoms with van der Waals surface area (Å²) in [4.78, 5) is 37.9. The number of benzene rings is 2. The summed E-state index contributed by atoms with van der Waals surface area (Å²) in [6.07, 6.45) is 0.553. The second-order valence-electron chi connectivity index (χ2n) is 7.81. The highest BCUT2D eigenvalue weighted by atomic mass is 16.5. The molecule has 8 nitrogen and oxygen atoms in total. The number of rotatable bonds is 12. The molecular weight excluding hydrogens is 448 g/mol. The van der Waals surface area contributed by atoms with Crippen molar-refractivity contribution in [1.82, 2.24) is 5.32 Å². The number of methoxy groups -OCH3 is 1. The number of hydrogen-bond acceptors (Lipinski definition) is 6. The molecule has 1 heterocycles. The molecule has 0 radical (unpaired) electrons. The van der Waals surface area contributed by atoms with E-state index < -0.39 is 0 Å². The fraction of sp³-hybridized carbons (Fsp3) is 0.370. The van der Waals surface area contributed by atoms with Crippen LogP contribution in [0.2, 0.25) is 0 Å². The molecule has 0 aromatic heterocycles. The second-order valence-corrected chi connectivity index (χ2v) is 7.81. The standard InChI is InChI=1S/C27H30N2O6/c1-33-27(32)14-17-35-19-18-34-16-13-25(30)28-15-12-26(31)29-20-23-8-3-2-6-21(23)10-11-22-7-4-5-9-24(22)29/h2-9H,12-20H2,1H3,(H,28,30). The summed E-state index contributed by atoms with van der Waals surface area (Å²) in [5.41, 5.74) is 3.46. The molecule has 1 N–H and O–H groups in total. The SMILES string of the molecule is COC(=O)CCOCCOCCC(=O)NCCC(=O)N1Cc2ccccc2C#Cc2ccccc21. The third kappa shape index (κ3) is 8.25. The lowest BCUT2D eigenvalue weighted by atomic mass is 10.0. The number of fused-ring (bicyclic) bond motifs is 2. The zero-order chi connectivity index (χ0) is 24.9. The summed E-state index contributed by atoms with van der Waals surface area (Å²) in [5.74, 6) is 5.78. The van der Waals surface area contributed by atoms with Crippen molar-refractivity contribution in [2.45, 2.75) is 25.8 Å². The predicted molar refractivity (Wildman–Crippen MR) is 131 cm³/mol. The Kier molecular flexibility index (Phi) is 10.3. The molecule has 3 rings (SSSR count).